The first kappa shape index (κ1) is 26.7. The molecule has 0 spiro atoms. The topological polar surface area (TPSA) is 140 Å². The molecule has 0 atom stereocenters. The Balaban J connectivity index is 0.000000448. The molecule has 0 unspecified atom stereocenters. The van der Waals surface area contributed by atoms with E-state index in [1.54, 1.807) is 24.7 Å². The third kappa shape index (κ3) is 6.89. The number of halogens is 3. The Morgan fingerprint density at radius 1 is 0.744 bits per heavy atom. The van der Waals surface area contributed by atoms with Gasteiger partial charge in [-0.3, -0.25) is 0 Å². The number of aromatic hydroxyl groups is 1. The highest BCUT2D eigenvalue weighted by Crippen LogP contribution is 2.27. The van der Waals surface area contributed by atoms with Gasteiger partial charge in [-0.15, -0.1) is 0 Å². The van der Waals surface area contributed by atoms with Crippen LogP contribution in [0.1, 0.15) is 0 Å². The monoisotopic (exact) mass is 535 g/mol. The SMILES string of the molecule is O=C(Nc1ccc(-c2ccc(O)cc2)cc1)Nc1ccc(-c2ccnc3nc[nH]c23)cc1.O=C(O)C(F)(F)F. The number of nitrogens with zero attached hydrogens (tertiary/aromatic N) is 2. The molecule has 9 nitrogen and oxygen atoms in total. The predicted octanol–water partition coefficient (Wildman–Crippen LogP) is 6.27. The number of carboxylic acids is 1. The van der Waals surface area contributed by atoms with Gasteiger partial charge >= 0.3 is 18.2 Å². The molecule has 2 amide bonds. The van der Waals surface area contributed by atoms with Crippen LogP contribution < -0.4 is 10.6 Å². The van der Waals surface area contributed by atoms with Gasteiger partial charge in [-0.1, -0.05) is 36.4 Å². The zero-order valence-corrected chi connectivity index (χ0v) is 19.9. The number of carbonyl (C=O) groups excluding carboxylic acids is 1. The van der Waals surface area contributed by atoms with Crippen molar-refractivity contribution in [2.75, 3.05) is 10.6 Å². The molecule has 5 rings (SSSR count). The minimum Gasteiger partial charge on any atom is -0.508 e. The molecule has 39 heavy (non-hydrogen) atoms. The maximum Gasteiger partial charge on any atom is 0.490 e. The van der Waals surface area contributed by atoms with E-state index in [-0.39, 0.29) is 11.8 Å². The minimum absolute atomic E-state index is 0.229. The highest BCUT2D eigenvalue weighted by atomic mass is 19.4. The Morgan fingerprint density at radius 3 is 1.74 bits per heavy atom. The van der Waals surface area contributed by atoms with Crippen LogP contribution in [-0.2, 0) is 4.79 Å². The van der Waals surface area contributed by atoms with Crippen LogP contribution in [0, 0.1) is 0 Å². The predicted molar refractivity (Wildman–Crippen MR) is 139 cm³/mol. The van der Waals surface area contributed by atoms with Gasteiger partial charge in [-0.05, 0) is 59.2 Å². The number of fused-ring (bicyclic) bond motifs is 1. The summed E-state index contributed by atoms with van der Waals surface area (Å²) in [5.74, 6) is -2.53. The molecule has 0 aliphatic rings. The van der Waals surface area contributed by atoms with Gasteiger partial charge in [0.05, 0.1) is 11.8 Å². The number of hydrogen-bond acceptors (Lipinski definition) is 5. The van der Waals surface area contributed by atoms with Crippen molar-refractivity contribution in [3.05, 3.63) is 91.4 Å². The van der Waals surface area contributed by atoms with E-state index >= 15 is 0 Å². The summed E-state index contributed by atoms with van der Waals surface area (Å²) in [6.45, 7) is 0. The van der Waals surface area contributed by atoms with Crippen molar-refractivity contribution >= 4 is 34.5 Å². The number of nitrogens with one attached hydrogen (secondary N) is 3. The van der Waals surface area contributed by atoms with Gasteiger partial charge in [0.25, 0.3) is 0 Å². The molecule has 2 heterocycles. The van der Waals surface area contributed by atoms with Crippen LogP contribution in [0.2, 0.25) is 0 Å². The summed E-state index contributed by atoms with van der Waals surface area (Å²) in [6, 6.07) is 23.7. The van der Waals surface area contributed by atoms with Crippen LogP contribution in [0.4, 0.5) is 29.3 Å². The molecule has 3 aromatic carbocycles. The van der Waals surface area contributed by atoms with Crippen molar-refractivity contribution in [3.63, 3.8) is 0 Å². The van der Waals surface area contributed by atoms with E-state index in [0.717, 1.165) is 27.8 Å². The number of hydrogen-bond donors (Lipinski definition) is 5. The van der Waals surface area contributed by atoms with Crippen molar-refractivity contribution in [1.82, 2.24) is 15.0 Å². The second-order valence-corrected chi connectivity index (χ2v) is 8.04. The maximum absolute atomic E-state index is 12.4. The summed E-state index contributed by atoms with van der Waals surface area (Å²) in [6.07, 6.45) is -1.73. The van der Waals surface area contributed by atoms with E-state index in [0.29, 0.717) is 17.0 Å². The van der Waals surface area contributed by atoms with Gasteiger partial charge < -0.3 is 25.8 Å². The Hall–Kier alpha value is -5.39. The van der Waals surface area contributed by atoms with E-state index in [4.69, 9.17) is 9.90 Å². The first-order valence-electron chi connectivity index (χ1n) is 11.3. The lowest BCUT2D eigenvalue weighted by atomic mass is 10.1. The minimum atomic E-state index is -5.08. The average Bonchev–Trinajstić information content (AvgIpc) is 3.39. The van der Waals surface area contributed by atoms with Gasteiger partial charge in [0, 0.05) is 23.1 Å². The van der Waals surface area contributed by atoms with Gasteiger partial charge in [-0.25, -0.2) is 19.6 Å². The Bertz CT molecular complexity index is 1580. The van der Waals surface area contributed by atoms with E-state index in [1.807, 2.05) is 66.7 Å². The normalized spacial score (nSPS) is 10.8. The molecule has 2 aromatic heterocycles. The second-order valence-electron chi connectivity index (χ2n) is 8.04. The van der Waals surface area contributed by atoms with Crippen LogP contribution >= 0.6 is 0 Å². The number of phenols is 1. The summed E-state index contributed by atoms with van der Waals surface area (Å²) >= 11 is 0. The van der Waals surface area contributed by atoms with Crippen LogP contribution in [0.25, 0.3) is 33.4 Å². The largest absolute Gasteiger partial charge is 0.508 e. The molecule has 5 aromatic rings. The first-order chi connectivity index (χ1) is 18.6. The van der Waals surface area contributed by atoms with E-state index < -0.39 is 12.1 Å². The molecule has 198 valence electrons. The van der Waals surface area contributed by atoms with Crippen molar-refractivity contribution in [2.45, 2.75) is 6.18 Å². The number of benzene rings is 3. The van der Waals surface area contributed by atoms with E-state index in [1.165, 1.54) is 0 Å². The van der Waals surface area contributed by atoms with Crippen LogP contribution in [0.5, 0.6) is 5.75 Å². The highest BCUT2D eigenvalue weighted by molar-refractivity contribution is 6.00. The fourth-order valence-electron chi connectivity index (χ4n) is 3.52. The number of amides is 2. The number of carboxylic acid groups (broad SMARTS) is 1. The number of aliphatic carboxylic acids is 1. The molecule has 0 radical (unpaired) electrons. The molecule has 12 heteroatoms. The lowest BCUT2D eigenvalue weighted by Gasteiger charge is -2.10. The zero-order chi connectivity index (χ0) is 28.0. The van der Waals surface area contributed by atoms with Crippen LogP contribution in [0.15, 0.2) is 91.4 Å². The molecule has 0 fully saturated rings. The Kier molecular flexibility index (Phi) is 7.75. The van der Waals surface area contributed by atoms with Crippen LogP contribution in [-0.4, -0.2) is 43.3 Å². The number of urea groups is 1. The molecule has 0 saturated heterocycles. The summed E-state index contributed by atoms with van der Waals surface area (Å²) in [5, 5.41) is 22.2. The first-order valence-corrected chi connectivity index (χ1v) is 11.3. The fraction of sp³-hybridized carbons (Fsp3) is 0.0370. The number of anilines is 2. The van der Waals surface area contributed by atoms with E-state index in [9.17, 15) is 23.1 Å². The number of aromatic nitrogens is 3. The van der Waals surface area contributed by atoms with Crippen molar-refractivity contribution in [2.24, 2.45) is 0 Å². The number of rotatable bonds is 4. The molecule has 0 aliphatic heterocycles. The quantitative estimate of drug-likeness (QED) is 0.184. The average molecular weight is 535 g/mol. The summed E-state index contributed by atoms with van der Waals surface area (Å²) in [5.41, 5.74) is 6.88. The third-order valence-corrected chi connectivity index (χ3v) is 5.37. The molecule has 0 bridgehead atoms. The van der Waals surface area contributed by atoms with Gasteiger partial charge in [0.1, 0.15) is 5.75 Å². The molecular weight excluding hydrogens is 515 g/mol. The number of carbonyl (C=O) groups is 2. The number of H-pyrrole nitrogens is 1. The number of aromatic amines is 1. The molecule has 0 aliphatic carbocycles. The van der Waals surface area contributed by atoms with Crippen molar-refractivity contribution in [3.8, 4) is 28.0 Å². The summed E-state index contributed by atoms with van der Waals surface area (Å²) in [4.78, 5) is 32.8. The van der Waals surface area contributed by atoms with Gasteiger partial charge in [0.15, 0.2) is 5.65 Å². The smallest absolute Gasteiger partial charge is 0.490 e. The molecule has 0 saturated carbocycles. The van der Waals surface area contributed by atoms with Crippen LogP contribution in [0.3, 0.4) is 0 Å². The second kappa shape index (κ2) is 11.3. The third-order valence-electron chi connectivity index (χ3n) is 5.37. The number of pyridine rings is 1. The summed E-state index contributed by atoms with van der Waals surface area (Å²) in [7, 11) is 0. The molecular formula is C27H20F3N5O4. The summed E-state index contributed by atoms with van der Waals surface area (Å²) < 4.78 is 31.7. The van der Waals surface area contributed by atoms with Crippen molar-refractivity contribution in [1.29, 1.82) is 0 Å². The van der Waals surface area contributed by atoms with Gasteiger partial charge in [0.2, 0.25) is 0 Å². The lowest BCUT2D eigenvalue weighted by Crippen LogP contribution is -2.21. The lowest BCUT2D eigenvalue weighted by molar-refractivity contribution is -0.192. The van der Waals surface area contributed by atoms with Crippen molar-refractivity contribution < 1.29 is 33.0 Å². The number of imidazole rings is 1. The Labute approximate surface area is 219 Å². The fourth-order valence-corrected chi connectivity index (χ4v) is 3.52. The van der Waals surface area contributed by atoms with E-state index in [2.05, 4.69) is 25.6 Å². The standard InChI is InChI=1S/C25H19N5O2.C2HF3O2/c31-21-11-5-17(6-12-21)16-1-7-19(8-2-16)29-25(32)30-20-9-3-18(4-10-20)22-13-14-26-24-23(22)27-15-28-24;3-2(4,5)1(6)7/h1-15,31H,(H,26,27,28)(H2,29,30,32);(H,6,7). The Morgan fingerprint density at radius 2 is 1.23 bits per heavy atom. The highest BCUT2D eigenvalue weighted by Gasteiger charge is 2.38. The maximum atomic E-state index is 12.4. The number of phenolic OH excluding ortho intramolecular Hbond substituents is 1. The zero-order valence-electron chi connectivity index (χ0n) is 19.9. The number of alkyl halides is 3. The van der Waals surface area contributed by atoms with Gasteiger partial charge in [-0.2, -0.15) is 13.2 Å². The molecule has 5 N–H and O–H groups in total.